The maximum atomic E-state index is 14.5. The van der Waals surface area contributed by atoms with Crippen molar-refractivity contribution in [2.45, 2.75) is 5.92 Å². The molecule has 0 saturated carbocycles. The normalized spacial score (nSPS) is 13.8. The predicted molar refractivity (Wildman–Crippen MR) is 77.9 cm³/mol. The highest BCUT2D eigenvalue weighted by molar-refractivity contribution is 6.30. The van der Waals surface area contributed by atoms with Gasteiger partial charge >= 0.3 is 5.92 Å². The lowest BCUT2D eigenvalue weighted by molar-refractivity contribution is 0.00691. The second-order valence-electron chi connectivity index (χ2n) is 4.75. The highest BCUT2D eigenvalue weighted by Crippen LogP contribution is 2.38. The summed E-state index contributed by atoms with van der Waals surface area (Å²) in [5, 5.41) is 3.04. The summed E-state index contributed by atoms with van der Waals surface area (Å²) in [4.78, 5) is 15.9. The standard InChI is InChI=1S/C15H11ClF2N2O2/c16-10-6-9(7-19-8-10)15(17,18)14(21)11-2-1-3-12-13(11)22-5-4-20-12/h1-3,6-8,20H,4-5H2. The van der Waals surface area contributed by atoms with Crippen molar-refractivity contribution >= 4 is 23.1 Å². The van der Waals surface area contributed by atoms with Crippen molar-refractivity contribution in [3.63, 3.8) is 0 Å². The first kappa shape index (κ1) is 14.7. The largest absolute Gasteiger partial charge is 0.489 e. The minimum atomic E-state index is -3.74. The molecule has 4 nitrogen and oxygen atoms in total. The monoisotopic (exact) mass is 324 g/mol. The third kappa shape index (κ3) is 2.50. The number of benzene rings is 1. The SMILES string of the molecule is O=C(c1cccc2c1OCCN2)C(F)(F)c1cncc(Cl)c1. The Hall–Kier alpha value is -2.21. The Morgan fingerprint density at radius 1 is 1.36 bits per heavy atom. The number of alkyl halides is 2. The molecule has 114 valence electrons. The number of pyridine rings is 1. The van der Waals surface area contributed by atoms with E-state index >= 15 is 0 Å². The first-order chi connectivity index (χ1) is 10.5. The zero-order chi connectivity index (χ0) is 15.7. The summed E-state index contributed by atoms with van der Waals surface area (Å²) in [5.41, 5.74) is -0.196. The molecule has 1 N–H and O–H groups in total. The quantitative estimate of drug-likeness (QED) is 0.878. The highest BCUT2D eigenvalue weighted by Gasteiger charge is 2.43. The molecular formula is C15H11ClF2N2O2. The molecule has 1 aliphatic rings. The lowest BCUT2D eigenvalue weighted by Crippen LogP contribution is -2.28. The van der Waals surface area contributed by atoms with Crippen molar-refractivity contribution in [3.8, 4) is 5.75 Å². The summed E-state index contributed by atoms with van der Waals surface area (Å²) in [5.74, 6) is -4.95. The van der Waals surface area contributed by atoms with E-state index in [-0.39, 0.29) is 16.3 Å². The highest BCUT2D eigenvalue weighted by atomic mass is 35.5. The Balaban J connectivity index is 2.03. The number of hydrogen-bond acceptors (Lipinski definition) is 4. The Bertz CT molecular complexity index is 737. The van der Waals surface area contributed by atoms with Gasteiger partial charge in [0.25, 0.3) is 0 Å². The van der Waals surface area contributed by atoms with E-state index in [1.807, 2.05) is 0 Å². The molecule has 0 spiro atoms. The molecule has 1 aromatic heterocycles. The maximum absolute atomic E-state index is 14.5. The number of nitrogens with one attached hydrogen (secondary N) is 1. The van der Waals surface area contributed by atoms with Crippen LogP contribution in [0.3, 0.4) is 0 Å². The molecule has 22 heavy (non-hydrogen) atoms. The fraction of sp³-hybridized carbons (Fsp3) is 0.200. The van der Waals surface area contributed by atoms with Crippen molar-refractivity contribution in [1.29, 1.82) is 0 Å². The Kier molecular flexibility index (Phi) is 3.70. The van der Waals surface area contributed by atoms with Crippen LogP contribution in [0.25, 0.3) is 0 Å². The number of para-hydroxylation sites is 1. The van der Waals surface area contributed by atoms with Gasteiger partial charge < -0.3 is 10.1 Å². The van der Waals surface area contributed by atoms with Crippen LogP contribution in [0.1, 0.15) is 15.9 Å². The second-order valence-corrected chi connectivity index (χ2v) is 5.19. The summed E-state index contributed by atoms with van der Waals surface area (Å²) < 4.78 is 34.3. The average Bonchev–Trinajstić information content (AvgIpc) is 2.53. The Morgan fingerprint density at radius 2 is 2.18 bits per heavy atom. The van der Waals surface area contributed by atoms with Crippen LogP contribution in [0.4, 0.5) is 14.5 Å². The number of Topliss-reactive ketones (excluding diaryl/α,β-unsaturated/α-hetero) is 1. The van der Waals surface area contributed by atoms with Crippen molar-refractivity contribution in [2.24, 2.45) is 0 Å². The van der Waals surface area contributed by atoms with E-state index < -0.39 is 17.3 Å². The minimum absolute atomic E-state index is 0.0398. The Morgan fingerprint density at radius 3 is 2.95 bits per heavy atom. The van der Waals surface area contributed by atoms with E-state index in [0.29, 0.717) is 18.8 Å². The molecule has 0 atom stereocenters. The van der Waals surface area contributed by atoms with Gasteiger partial charge in [-0.05, 0) is 18.2 Å². The summed E-state index contributed by atoms with van der Waals surface area (Å²) in [6.07, 6.45) is 2.15. The van der Waals surface area contributed by atoms with Gasteiger partial charge in [0, 0.05) is 24.5 Å². The zero-order valence-corrected chi connectivity index (χ0v) is 12.0. The van der Waals surface area contributed by atoms with Gasteiger partial charge in [0.1, 0.15) is 6.61 Å². The fourth-order valence-electron chi connectivity index (χ4n) is 2.23. The smallest absolute Gasteiger partial charge is 0.336 e. The number of fused-ring (bicyclic) bond motifs is 1. The number of carbonyl (C=O) groups excluding carboxylic acids is 1. The van der Waals surface area contributed by atoms with E-state index in [1.54, 1.807) is 6.07 Å². The van der Waals surface area contributed by atoms with Gasteiger partial charge in [0.15, 0.2) is 5.75 Å². The molecule has 0 fully saturated rings. The molecule has 1 aromatic carbocycles. The summed E-state index contributed by atoms with van der Waals surface area (Å²) in [6.45, 7) is 0.862. The molecule has 2 heterocycles. The topological polar surface area (TPSA) is 51.2 Å². The van der Waals surface area contributed by atoms with Gasteiger partial charge in [0.2, 0.25) is 5.78 Å². The van der Waals surface area contributed by atoms with E-state index in [1.165, 1.54) is 18.3 Å². The number of hydrogen-bond donors (Lipinski definition) is 1. The molecule has 0 amide bonds. The molecule has 7 heteroatoms. The molecular weight excluding hydrogens is 314 g/mol. The molecule has 3 rings (SSSR count). The molecule has 2 aromatic rings. The third-order valence-electron chi connectivity index (χ3n) is 3.28. The number of carbonyl (C=O) groups is 1. The molecule has 0 unspecified atom stereocenters. The number of rotatable bonds is 3. The molecule has 0 saturated heterocycles. The minimum Gasteiger partial charge on any atom is -0.489 e. The van der Waals surface area contributed by atoms with E-state index in [9.17, 15) is 13.6 Å². The van der Waals surface area contributed by atoms with E-state index in [0.717, 1.165) is 12.3 Å². The number of halogens is 3. The molecule has 0 aliphatic carbocycles. The van der Waals surface area contributed by atoms with Crippen LogP contribution in [0.2, 0.25) is 5.02 Å². The van der Waals surface area contributed by atoms with E-state index in [2.05, 4.69) is 10.3 Å². The predicted octanol–water partition coefficient (Wildman–Crippen LogP) is 3.51. The summed E-state index contributed by atoms with van der Waals surface area (Å²) >= 11 is 5.68. The molecule has 0 bridgehead atoms. The first-order valence-electron chi connectivity index (χ1n) is 6.53. The number of ketones is 1. The van der Waals surface area contributed by atoms with Crippen molar-refractivity contribution in [3.05, 3.63) is 52.8 Å². The first-order valence-corrected chi connectivity index (χ1v) is 6.91. The number of ether oxygens (including phenoxy) is 1. The van der Waals surface area contributed by atoms with Gasteiger partial charge in [0.05, 0.1) is 16.3 Å². The van der Waals surface area contributed by atoms with Crippen LogP contribution in [0.15, 0.2) is 36.7 Å². The van der Waals surface area contributed by atoms with Gasteiger partial charge in [-0.1, -0.05) is 17.7 Å². The lowest BCUT2D eigenvalue weighted by Gasteiger charge is -2.23. The van der Waals surface area contributed by atoms with Crippen molar-refractivity contribution in [1.82, 2.24) is 4.98 Å². The second kappa shape index (κ2) is 5.53. The van der Waals surface area contributed by atoms with Gasteiger partial charge in [-0.15, -0.1) is 0 Å². The van der Waals surface area contributed by atoms with Crippen LogP contribution in [0.5, 0.6) is 5.75 Å². The van der Waals surface area contributed by atoms with Crippen LogP contribution in [-0.4, -0.2) is 23.9 Å². The molecule has 1 aliphatic heterocycles. The summed E-state index contributed by atoms with van der Waals surface area (Å²) in [7, 11) is 0. The van der Waals surface area contributed by atoms with Gasteiger partial charge in [-0.25, -0.2) is 0 Å². The number of aromatic nitrogens is 1. The van der Waals surface area contributed by atoms with Crippen molar-refractivity contribution in [2.75, 3.05) is 18.5 Å². The zero-order valence-electron chi connectivity index (χ0n) is 11.3. The van der Waals surface area contributed by atoms with Gasteiger partial charge in [-0.3, -0.25) is 9.78 Å². The maximum Gasteiger partial charge on any atom is 0.336 e. The molecule has 0 radical (unpaired) electrons. The van der Waals surface area contributed by atoms with Crippen LogP contribution < -0.4 is 10.1 Å². The lowest BCUT2D eigenvalue weighted by atomic mass is 9.98. The van der Waals surface area contributed by atoms with Crippen molar-refractivity contribution < 1.29 is 18.3 Å². The van der Waals surface area contributed by atoms with Crippen LogP contribution >= 0.6 is 11.6 Å². The fourth-order valence-corrected chi connectivity index (χ4v) is 2.41. The Labute approximate surface area is 130 Å². The number of nitrogens with zero attached hydrogens (tertiary/aromatic N) is 1. The number of anilines is 1. The van der Waals surface area contributed by atoms with E-state index in [4.69, 9.17) is 16.3 Å². The third-order valence-corrected chi connectivity index (χ3v) is 3.48. The summed E-state index contributed by atoms with van der Waals surface area (Å²) in [6, 6.07) is 5.55. The van der Waals surface area contributed by atoms with Crippen LogP contribution in [-0.2, 0) is 5.92 Å². The van der Waals surface area contributed by atoms with Crippen LogP contribution in [0, 0.1) is 0 Å². The average molecular weight is 325 g/mol. The van der Waals surface area contributed by atoms with Gasteiger partial charge in [-0.2, -0.15) is 8.78 Å².